The first kappa shape index (κ1) is 13.4. The Kier molecular flexibility index (Phi) is 4.53. The van der Waals surface area contributed by atoms with Crippen molar-refractivity contribution in [2.75, 3.05) is 0 Å². The molecule has 0 aromatic heterocycles. The third-order valence-electron chi connectivity index (χ3n) is 3.21. The second-order valence-electron chi connectivity index (χ2n) is 4.65. The van der Waals surface area contributed by atoms with E-state index in [4.69, 9.17) is 0 Å². The summed E-state index contributed by atoms with van der Waals surface area (Å²) >= 11 is -1.53. The Morgan fingerprint density at radius 3 is 1.35 bits per heavy atom. The molecule has 0 unspecified atom stereocenters. The number of rotatable bonds is 4. The van der Waals surface area contributed by atoms with E-state index in [1.165, 1.54) is 10.0 Å². The molecular formula is C19H17Te+. The Hall–Kier alpha value is -1.55. The summed E-state index contributed by atoms with van der Waals surface area (Å²) in [5, 5.41) is 0. The minimum absolute atomic E-state index is 1.21. The second-order valence-corrected chi connectivity index (χ2v) is 10.4. The van der Waals surface area contributed by atoms with E-state index in [-0.39, 0.29) is 0 Å². The average Bonchev–Trinajstić information content (AvgIpc) is 2.55. The van der Waals surface area contributed by atoms with Gasteiger partial charge in [-0.25, -0.2) is 0 Å². The van der Waals surface area contributed by atoms with Gasteiger partial charge in [0.1, 0.15) is 0 Å². The van der Waals surface area contributed by atoms with E-state index in [0.29, 0.717) is 0 Å². The molecule has 0 saturated heterocycles. The van der Waals surface area contributed by atoms with Crippen LogP contribution in [0.3, 0.4) is 0 Å². The van der Waals surface area contributed by atoms with Crippen molar-refractivity contribution >= 4 is 26.8 Å². The summed E-state index contributed by atoms with van der Waals surface area (Å²) in [7, 11) is 0. The maximum absolute atomic E-state index is 2.30. The van der Waals surface area contributed by atoms with Crippen molar-refractivity contribution in [1.82, 2.24) is 0 Å². The molecule has 0 amide bonds. The first-order chi connectivity index (χ1) is 9.93. The summed E-state index contributed by atoms with van der Waals surface area (Å²) in [5.41, 5.74) is 1.46. The van der Waals surface area contributed by atoms with Gasteiger partial charge in [0.2, 0.25) is 0 Å². The molecule has 0 saturated carbocycles. The zero-order valence-electron chi connectivity index (χ0n) is 11.3. The summed E-state index contributed by atoms with van der Waals surface area (Å²) in [6, 6.07) is 32.9. The van der Waals surface area contributed by atoms with Crippen LogP contribution < -0.4 is 7.22 Å². The first-order valence-electron chi connectivity index (χ1n) is 6.78. The molecular weight excluding hydrogens is 356 g/mol. The number of benzene rings is 3. The van der Waals surface area contributed by atoms with Gasteiger partial charge in [-0.2, -0.15) is 0 Å². The van der Waals surface area contributed by atoms with Crippen molar-refractivity contribution in [2.45, 2.75) is 4.47 Å². The van der Waals surface area contributed by atoms with Crippen molar-refractivity contribution < 1.29 is 0 Å². The molecule has 0 aliphatic rings. The van der Waals surface area contributed by atoms with Crippen LogP contribution >= 0.6 is 0 Å². The van der Waals surface area contributed by atoms with Crippen molar-refractivity contribution in [1.29, 1.82) is 0 Å². The molecule has 0 bridgehead atoms. The van der Waals surface area contributed by atoms with E-state index >= 15 is 0 Å². The van der Waals surface area contributed by atoms with Gasteiger partial charge in [-0.15, -0.1) is 0 Å². The van der Waals surface area contributed by atoms with Gasteiger partial charge in [-0.05, 0) is 0 Å². The van der Waals surface area contributed by atoms with Gasteiger partial charge < -0.3 is 0 Å². The molecule has 0 nitrogen and oxygen atoms in total. The fourth-order valence-electron chi connectivity index (χ4n) is 2.21. The zero-order valence-corrected chi connectivity index (χ0v) is 13.6. The number of hydrogen-bond donors (Lipinski definition) is 0. The van der Waals surface area contributed by atoms with Gasteiger partial charge in [0.05, 0.1) is 0 Å². The van der Waals surface area contributed by atoms with E-state index in [9.17, 15) is 0 Å². The van der Waals surface area contributed by atoms with Crippen LogP contribution in [0.2, 0.25) is 0 Å². The topological polar surface area (TPSA) is 0 Å². The quantitative estimate of drug-likeness (QED) is 0.617. The molecule has 0 atom stereocenters. The molecule has 20 heavy (non-hydrogen) atoms. The molecule has 0 N–H and O–H groups in total. The van der Waals surface area contributed by atoms with Gasteiger partial charge in [0, 0.05) is 0 Å². The van der Waals surface area contributed by atoms with Crippen LogP contribution in [0.25, 0.3) is 0 Å². The molecule has 0 aliphatic carbocycles. The third kappa shape index (κ3) is 3.31. The normalized spacial score (nSPS) is 10.7. The average molecular weight is 373 g/mol. The van der Waals surface area contributed by atoms with Crippen LogP contribution in [0.15, 0.2) is 91.0 Å². The van der Waals surface area contributed by atoms with Gasteiger partial charge in [-0.1, -0.05) is 0 Å². The molecule has 0 fully saturated rings. The van der Waals surface area contributed by atoms with Gasteiger partial charge in [-0.3, -0.25) is 0 Å². The van der Waals surface area contributed by atoms with E-state index in [0.717, 1.165) is 0 Å². The van der Waals surface area contributed by atoms with Crippen LogP contribution in [-0.4, -0.2) is 19.6 Å². The van der Waals surface area contributed by atoms with Gasteiger partial charge in [0.15, 0.2) is 0 Å². The molecule has 3 aromatic carbocycles. The Labute approximate surface area is 127 Å². The van der Waals surface area contributed by atoms with E-state index < -0.39 is 19.6 Å². The van der Waals surface area contributed by atoms with Crippen molar-refractivity contribution in [3.63, 3.8) is 0 Å². The monoisotopic (exact) mass is 375 g/mol. The van der Waals surface area contributed by atoms with Crippen LogP contribution in [0.1, 0.15) is 5.56 Å². The predicted octanol–water partition coefficient (Wildman–Crippen LogP) is 3.08. The summed E-state index contributed by atoms with van der Waals surface area (Å²) in [6.07, 6.45) is 0. The predicted molar refractivity (Wildman–Crippen MR) is 88.1 cm³/mol. The van der Waals surface area contributed by atoms with Crippen molar-refractivity contribution in [3.05, 3.63) is 96.6 Å². The SMILES string of the molecule is c1ccc(C[Te+](c2ccccc2)c2ccccc2)cc1. The molecule has 98 valence electrons. The zero-order chi connectivity index (χ0) is 13.6. The fraction of sp³-hybridized carbons (Fsp3) is 0.0526. The molecule has 0 radical (unpaired) electrons. The van der Waals surface area contributed by atoms with Crippen molar-refractivity contribution in [3.8, 4) is 0 Å². The third-order valence-corrected chi connectivity index (χ3v) is 9.79. The fourth-order valence-corrected chi connectivity index (χ4v) is 8.21. The summed E-state index contributed by atoms with van der Waals surface area (Å²) in [6.45, 7) is 0. The molecule has 0 aliphatic heterocycles. The van der Waals surface area contributed by atoms with E-state index in [1.807, 2.05) is 0 Å². The molecule has 1 heteroatoms. The minimum atomic E-state index is -1.53. The van der Waals surface area contributed by atoms with Gasteiger partial charge in [0.25, 0.3) is 0 Å². The second kappa shape index (κ2) is 6.75. The summed E-state index contributed by atoms with van der Waals surface area (Å²) < 4.78 is 4.30. The summed E-state index contributed by atoms with van der Waals surface area (Å²) in [5.74, 6) is 0. The molecule has 0 spiro atoms. The summed E-state index contributed by atoms with van der Waals surface area (Å²) in [4.78, 5) is 0. The first-order valence-corrected chi connectivity index (χ1v) is 10.8. The number of hydrogen-bond acceptors (Lipinski definition) is 0. The standard InChI is InChI=1S/C19H17Te/c1-4-10-17(11-5-1)16-20(18-12-6-2-7-13-18)19-14-8-3-9-15-19/h1-15H,16H2/q+1. The Morgan fingerprint density at radius 2 is 0.900 bits per heavy atom. The molecule has 3 aromatic rings. The molecule has 3 rings (SSSR count). The van der Waals surface area contributed by atoms with Crippen LogP contribution in [0, 0.1) is 0 Å². The van der Waals surface area contributed by atoms with E-state index in [2.05, 4.69) is 91.0 Å². The van der Waals surface area contributed by atoms with Crippen LogP contribution in [0.5, 0.6) is 0 Å². The van der Waals surface area contributed by atoms with Crippen molar-refractivity contribution in [2.24, 2.45) is 0 Å². The Balaban J connectivity index is 1.96. The van der Waals surface area contributed by atoms with Crippen LogP contribution in [0.4, 0.5) is 0 Å². The van der Waals surface area contributed by atoms with Crippen LogP contribution in [-0.2, 0) is 4.47 Å². The van der Waals surface area contributed by atoms with E-state index in [1.54, 1.807) is 7.22 Å². The Morgan fingerprint density at radius 1 is 0.500 bits per heavy atom. The van der Waals surface area contributed by atoms with Gasteiger partial charge >= 0.3 is 128 Å². The maximum atomic E-state index is 2.30. The Bertz CT molecular complexity index is 593. The molecule has 0 heterocycles.